The quantitative estimate of drug-likeness (QED) is 0.532. The summed E-state index contributed by atoms with van der Waals surface area (Å²) in [5.41, 5.74) is 5.26. The van der Waals surface area contributed by atoms with Crippen LogP contribution in [0.2, 0.25) is 0 Å². The molecular weight excluding hydrogens is 306 g/mol. The van der Waals surface area contributed by atoms with Crippen LogP contribution in [0, 0.1) is 5.92 Å². The Hall–Kier alpha value is -2.30. The fourth-order valence-corrected chi connectivity index (χ4v) is 2.91. The van der Waals surface area contributed by atoms with Gasteiger partial charge in [0.2, 0.25) is 5.95 Å². The summed E-state index contributed by atoms with van der Waals surface area (Å²) in [6, 6.07) is 0. The molecule has 1 aliphatic rings. The molecule has 0 spiro atoms. The molecule has 0 amide bonds. The van der Waals surface area contributed by atoms with Gasteiger partial charge in [-0.05, 0) is 6.92 Å². The lowest BCUT2D eigenvalue weighted by Gasteiger charge is -2.18. The molecule has 0 unspecified atom stereocenters. The molecule has 2 aromatic heterocycles. The summed E-state index contributed by atoms with van der Waals surface area (Å²) in [4.78, 5) is 33.5. The first kappa shape index (κ1) is 15.6. The lowest BCUT2D eigenvalue weighted by Crippen LogP contribution is -2.29. The number of H-pyrrole nitrogens is 1. The van der Waals surface area contributed by atoms with Crippen LogP contribution in [0.5, 0.6) is 0 Å². The highest BCUT2D eigenvalue weighted by atomic mass is 16.5. The first-order valence-electron chi connectivity index (χ1n) is 7.08. The molecule has 0 aromatic carbocycles. The minimum absolute atomic E-state index is 0.0607. The molecule has 0 bridgehead atoms. The number of carbonyl (C=O) groups excluding carboxylic acids is 1. The monoisotopic (exact) mass is 323 g/mol. The number of aliphatic hydroxyl groups excluding tert-OH is 2. The number of ether oxygens (including phenoxy) is 1. The number of nitrogen functional groups attached to an aromatic ring is 1. The third kappa shape index (κ3) is 2.60. The van der Waals surface area contributed by atoms with Crippen molar-refractivity contribution in [2.45, 2.75) is 31.8 Å². The second-order valence-corrected chi connectivity index (χ2v) is 5.58. The molecule has 3 heterocycles. The van der Waals surface area contributed by atoms with Crippen LogP contribution in [0.1, 0.15) is 19.6 Å². The molecule has 1 fully saturated rings. The van der Waals surface area contributed by atoms with Gasteiger partial charge in [0.1, 0.15) is 11.9 Å². The van der Waals surface area contributed by atoms with E-state index in [4.69, 9.17) is 10.5 Å². The van der Waals surface area contributed by atoms with Crippen molar-refractivity contribution in [2.75, 3.05) is 12.3 Å². The molecule has 4 atom stereocenters. The predicted molar refractivity (Wildman–Crippen MR) is 78.4 cm³/mol. The average Bonchev–Trinajstić information content (AvgIpc) is 3.01. The number of aromatic amines is 1. The van der Waals surface area contributed by atoms with Crippen LogP contribution in [-0.4, -0.2) is 54.3 Å². The zero-order valence-corrected chi connectivity index (χ0v) is 12.3. The summed E-state index contributed by atoms with van der Waals surface area (Å²) in [7, 11) is 0. The first-order valence-corrected chi connectivity index (χ1v) is 7.08. The average molecular weight is 323 g/mol. The number of hydrogen-bond donors (Lipinski definition) is 4. The van der Waals surface area contributed by atoms with E-state index in [0.717, 1.165) is 0 Å². The fraction of sp³-hybridized carbons (Fsp3) is 0.538. The van der Waals surface area contributed by atoms with Crippen LogP contribution in [0.15, 0.2) is 11.1 Å². The maximum absolute atomic E-state index is 11.8. The van der Waals surface area contributed by atoms with E-state index in [9.17, 15) is 19.8 Å². The Labute approximate surface area is 129 Å². The number of aliphatic hydroxyl groups is 2. The molecular formula is C13H17N5O5. The number of Topliss-reactive ketones (excluding diaryl/α,β-unsaturated/α-hetero) is 1. The zero-order chi connectivity index (χ0) is 16.7. The third-order valence-electron chi connectivity index (χ3n) is 3.95. The fourth-order valence-electron chi connectivity index (χ4n) is 2.91. The van der Waals surface area contributed by atoms with Gasteiger partial charge in [0.25, 0.3) is 5.56 Å². The zero-order valence-electron chi connectivity index (χ0n) is 12.3. The van der Waals surface area contributed by atoms with E-state index in [2.05, 4.69) is 15.0 Å². The highest BCUT2D eigenvalue weighted by molar-refractivity contribution is 5.76. The van der Waals surface area contributed by atoms with E-state index in [1.165, 1.54) is 17.8 Å². The lowest BCUT2D eigenvalue weighted by molar-refractivity contribution is -0.119. The summed E-state index contributed by atoms with van der Waals surface area (Å²) in [6.07, 6.45) is -1.29. The maximum Gasteiger partial charge on any atom is 0.280 e. The molecule has 10 nitrogen and oxygen atoms in total. The number of carbonyl (C=O) groups is 1. The first-order chi connectivity index (χ1) is 10.9. The van der Waals surface area contributed by atoms with E-state index in [-0.39, 0.29) is 35.9 Å². The summed E-state index contributed by atoms with van der Waals surface area (Å²) in [5.74, 6) is -0.763. The number of anilines is 1. The van der Waals surface area contributed by atoms with Crippen molar-refractivity contribution in [1.82, 2.24) is 19.5 Å². The van der Waals surface area contributed by atoms with Crippen LogP contribution in [0.25, 0.3) is 11.2 Å². The minimum Gasteiger partial charge on any atom is -0.394 e. The van der Waals surface area contributed by atoms with E-state index < -0.39 is 29.9 Å². The van der Waals surface area contributed by atoms with E-state index >= 15 is 0 Å². The Morgan fingerprint density at radius 3 is 2.96 bits per heavy atom. The van der Waals surface area contributed by atoms with Gasteiger partial charge in [0, 0.05) is 12.3 Å². The second-order valence-electron chi connectivity index (χ2n) is 5.58. The Balaban J connectivity index is 2.02. The Morgan fingerprint density at radius 1 is 1.57 bits per heavy atom. The highest BCUT2D eigenvalue weighted by Gasteiger charge is 2.45. The maximum atomic E-state index is 11.8. The minimum atomic E-state index is -1.06. The van der Waals surface area contributed by atoms with Crippen molar-refractivity contribution in [3.8, 4) is 0 Å². The van der Waals surface area contributed by atoms with Gasteiger partial charge in [-0.1, -0.05) is 0 Å². The van der Waals surface area contributed by atoms with Crippen molar-refractivity contribution in [1.29, 1.82) is 0 Å². The van der Waals surface area contributed by atoms with Gasteiger partial charge in [-0.3, -0.25) is 14.3 Å². The number of nitrogens with zero attached hydrogens (tertiary/aromatic N) is 3. The molecule has 2 aromatic rings. The third-order valence-corrected chi connectivity index (χ3v) is 3.95. The van der Waals surface area contributed by atoms with Gasteiger partial charge in [0.05, 0.1) is 19.0 Å². The SMILES string of the molecule is CC(=O)C[C@H]1[C@@H](O)[C@H](n2cnc3c(=O)[nH]c(N)nc32)O[C@@H]1CO. The summed E-state index contributed by atoms with van der Waals surface area (Å²) >= 11 is 0. The predicted octanol–water partition coefficient (Wildman–Crippen LogP) is -1.45. The molecule has 1 aliphatic heterocycles. The van der Waals surface area contributed by atoms with E-state index in [0.29, 0.717) is 0 Å². The van der Waals surface area contributed by atoms with E-state index in [1.807, 2.05) is 0 Å². The summed E-state index contributed by atoms with van der Waals surface area (Å²) in [6.45, 7) is 1.07. The van der Waals surface area contributed by atoms with Crippen molar-refractivity contribution in [3.63, 3.8) is 0 Å². The Morgan fingerprint density at radius 2 is 2.30 bits per heavy atom. The largest absolute Gasteiger partial charge is 0.394 e. The second kappa shape index (κ2) is 5.72. The number of nitrogens with two attached hydrogens (primary N) is 1. The molecule has 124 valence electrons. The highest BCUT2D eigenvalue weighted by Crippen LogP contribution is 2.36. The van der Waals surface area contributed by atoms with Crippen molar-refractivity contribution in [3.05, 3.63) is 16.7 Å². The van der Waals surface area contributed by atoms with Crippen molar-refractivity contribution < 1.29 is 19.7 Å². The van der Waals surface area contributed by atoms with Crippen LogP contribution in [0.4, 0.5) is 5.95 Å². The van der Waals surface area contributed by atoms with Gasteiger partial charge in [0.15, 0.2) is 17.4 Å². The van der Waals surface area contributed by atoms with Gasteiger partial charge < -0.3 is 25.5 Å². The van der Waals surface area contributed by atoms with Gasteiger partial charge in [-0.2, -0.15) is 4.98 Å². The molecule has 0 saturated carbocycles. The number of imidazole rings is 1. The Bertz CT molecular complexity index is 800. The van der Waals surface area contributed by atoms with Crippen molar-refractivity contribution >= 4 is 22.9 Å². The number of aromatic nitrogens is 4. The normalized spacial score (nSPS) is 27.6. The molecule has 10 heteroatoms. The van der Waals surface area contributed by atoms with Gasteiger partial charge >= 0.3 is 0 Å². The van der Waals surface area contributed by atoms with Crippen LogP contribution in [-0.2, 0) is 9.53 Å². The topological polar surface area (TPSA) is 156 Å². The summed E-state index contributed by atoms with van der Waals surface area (Å²) < 4.78 is 7.03. The molecule has 0 aliphatic carbocycles. The van der Waals surface area contributed by atoms with Gasteiger partial charge in [-0.15, -0.1) is 0 Å². The standard InChI is InChI=1S/C13H17N5O5/c1-5(20)2-6-7(3-19)23-12(9(6)21)18-4-15-8-10(18)16-13(14)17-11(8)22/h4,6-7,9,12,19,21H,2-3H2,1H3,(H3,14,16,17,22)/t6-,7-,9-,12-/m1/s1. The number of fused-ring (bicyclic) bond motifs is 1. The van der Waals surface area contributed by atoms with Gasteiger partial charge in [-0.25, -0.2) is 4.98 Å². The summed E-state index contributed by atoms with van der Waals surface area (Å²) in [5, 5.41) is 19.9. The van der Waals surface area contributed by atoms with Crippen LogP contribution >= 0.6 is 0 Å². The number of nitrogens with one attached hydrogen (secondary N) is 1. The van der Waals surface area contributed by atoms with Crippen molar-refractivity contribution in [2.24, 2.45) is 5.92 Å². The van der Waals surface area contributed by atoms with Crippen LogP contribution < -0.4 is 11.3 Å². The number of ketones is 1. The smallest absolute Gasteiger partial charge is 0.280 e. The van der Waals surface area contributed by atoms with Crippen LogP contribution in [0.3, 0.4) is 0 Å². The molecule has 23 heavy (non-hydrogen) atoms. The molecule has 5 N–H and O–H groups in total. The Kier molecular flexibility index (Phi) is 3.88. The lowest BCUT2D eigenvalue weighted by atomic mass is 9.93. The van der Waals surface area contributed by atoms with E-state index in [1.54, 1.807) is 0 Å². The molecule has 0 radical (unpaired) electrons. The number of rotatable bonds is 4. The molecule has 3 rings (SSSR count). The molecule has 1 saturated heterocycles. The number of hydrogen-bond acceptors (Lipinski definition) is 8.